The Bertz CT molecular complexity index is 968. The molecule has 1 amide bonds. The van der Waals surface area contributed by atoms with Gasteiger partial charge in [-0.05, 0) is 60.6 Å². The summed E-state index contributed by atoms with van der Waals surface area (Å²) in [6, 6.07) is 12.0. The third-order valence-electron chi connectivity index (χ3n) is 7.25. The Morgan fingerprint density at radius 1 is 1.07 bits per heavy atom. The lowest BCUT2D eigenvalue weighted by Crippen LogP contribution is -2.37. The number of carbonyl (C=O) groups excluding carboxylic acids is 1. The standard InChI is InChI=1S/C24H28N2O3/c1-16-7-9-25(10-8-17-5-3-2-4-6-17)23(27)22(16)24(28)26-12-18-11-19-14-29-15-21(19)20(18)13-26/h2-7,9,18-21H,8,10-15H2,1H3/t18-,19+,20+,21-/m0/s1. The average Bonchev–Trinajstić information content (AvgIpc) is 3.40. The number of amides is 1. The Labute approximate surface area is 171 Å². The maximum Gasteiger partial charge on any atom is 0.263 e. The second kappa shape index (κ2) is 7.45. The van der Waals surface area contributed by atoms with E-state index in [0.717, 1.165) is 44.7 Å². The number of ether oxygens (including phenoxy) is 1. The van der Waals surface area contributed by atoms with Gasteiger partial charge in [0.1, 0.15) is 5.56 Å². The molecule has 1 aromatic heterocycles. The summed E-state index contributed by atoms with van der Waals surface area (Å²) >= 11 is 0. The monoisotopic (exact) mass is 392 g/mol. The lowest BCUT2D eigenvalue weighted by atomic mass is 9.91. The quantitative estimate of drug-likeness (QED) is 0.804. The van der Waals surface area contributed by atoms with Gasteiger partial charge in [-0.1, -0.05) is 30.3 Å². The molecule has 0 N–H and O–H groups in total. The third kappa shape index (κ3) is 3.31. The summed E-state index contributed by atoms with van der Waals surface area (Å²) in [4.78, 5) is 28.4. The number of carbonyl (C=O) groups is 1. The zero-order chi connectivity index (χ0) is 20.0. The average molecular weight is 392 g/mol. The van der Waals surface area contributed by atoms with Crippen LogP contribution in [0.5, 0.6) is 0 Å². The highest BCUT2D eigenvalue weighted by Crippen LogP contribution is 2.48. The van der Waals surface area contributed by atoms with E-state index in [9.17, 15) is 9.59 Å². The molecule has 5 heteroatoms. The molecule has 152 valence electrons. The van der Waals surface area contributed by atoms with E-state index in [-0.39, 0.29) is 11.5 Å². The van der Waals surface area contributed by atoms with E-state index in [1.165, 1.54) is 5.56 Å². The first kappa shape index (κ1) is 18.6. The molecule has 0 bridgehead atoms. The number of aryl methyl sites for hydroxylation is 3. The second-order valence-corrected chi connectivity index (χ2v) is 8.94. The minimum Gasteiger partial charge on any atom is -0.381 e. The van der Waals surface area contributed by atoms with E-state index in [1.54, 1.807) is 4.57 Å². The molecule has 5 rings (SSSR count). The predicted molar refractivity (Wildman–Crippen MR) is 111 cm³/mol. The molecule has 1 aliphatic carbocycles. The molecule has 2 aromatic rings. The van der Waals surface area contributed by atoms with Crippen molar-refractivity contribution in [1.29, 1.82) is 0 Å². The van der Waals surface area contributed by atoms with Gasteiger partial charge in [-0.15, -0.1) is 0 Å². The van der Waals surface area contributed by atoms with Gasteiger partial charge in [0.25, 0.3) is 11.5 Å². The van der Waals surface area contributed by atoms with E-state index in [2.05, 4.69) is 12.1 Å². The van der Waals surface area contributed by atoms with E-state index in [0.29, 0.717) is 35.8 Å². The Kier molecular flexibility index (Phi) is 4.78. The van der Waals surface area contributed by atoms with Gasteiger partial charge < -0.3 is 14.2 Å². The Morgan fingerprint density at radius 2 is 1.90 bits per heavy atom. The topological polar surface area (TPSA) is 51.5 Å². The number of likely N-dealkylation sites (tertiary alicyclic amines) is 1. The van der Waals surface area contributed by atoms with Crippen molar-refractivity contribution in [2.75, 3.05) is 26.3 Å². The molecule has 2 aliphatic heterocycles. The van der Waals surface area contributed by atoms with Crippen molar-refractivity contribution in [3.05, 3.63) is 69.6 Å². The molecule has 0 unspecified atom stereocenters. The number of hydrogen-bond acceptors (Lipinski definition) is 3. The Morgan fingerprint density at radius 3 is 2.72 bits per heavy atom. The summed E-state index contributed by atoms with van der Waals surface area (Å²) in [5.74, 6) is 2.29. The van der Waals surface area contributed by atoms with Crippen LogP contribution in [0.2, 0.25) is 0 Å². The number of nitrogens with zero attached hydrogens (tertiary/aromatic N) is 2. The highest BCUT2D eigenvalue weighted by atomic mass is 16.5. The fraction of sp³-hybridized carbons (Fsp3) is 0.500. The van der Waals surface area contributed by atoms with Gasteiger partial charge in [0, 0.05) is 32.4 Å². The first-order valence-corrected chi connectivity index (χ1v) is 10.7. The predicted octanol–water partition coefficient (Wildman–Crippen LogP) is 2.75. The molecule has 2 saturated heterocycles. The number of benzene rings is 1. The summed E-state index contributed by atoms with van der Waals surface area (Å²) in [6.07, 6.45) is 3.75. The van der Waals surface area contributed by atoms with E-state index < -0.39 is 0 Å². The van der Waals surface area contributed by atoms with Crippen molar-refractivity contribution < 1.29 is 9.53 Å². The smallest absolute Gasteiger partial charge is 0.263 e. The van der Waals surface area contributed by atoms with Crippen LogP contribution in [0, 0.1) is 30.6 Å². The summed E-state index contributed by atoms with van der Waals surface area (Å²) in [5, 5.41) is 0. The number of aromatic nitrogens is 1. The van der Waals surface area contributed by atoms with Crippen LogP contribution >= 0.6 is 0 Å². The molecule has 3 heterocycles. The highest BCUT2D eigenvalue weighted by Gasteiger charge is 2.51. The van der Waals surface area contributed by atoms with Crippen molar-refractivity contribution in [3.63, 3.8) is 0 Å². The summed E-state index contributed by atoms with van der Waals surface area (Å²) < 4.78 is 7.35. The van der Waals surface area contributed by atoms with Gasteiger partial charge >= 0.3 is 0 Å². The highest BCUT2D eigenvalue weighted by molar-refractivity contribution is 5.95. The third-order valence-corrected chi connectivity index (χ3v) is 7.25. The van der Waals surface area contributed by atoms with Gasteiger partial charge in [0.2, 0.25) is 0 Å². The van der Waals surface area contributed by atoms with Gasteiger partial charge in [-0.25, -0.2) is 0 Å². The largest absolute Gasteiger partial charge is 0.381 e. The fourth-order valence-corrected chi connectivity index (χ4v) is 5.67. The van der Waals surface area contributed by atoms with Gasteiger partial charge in [0.15, 0.2) is 0 Å². The Balaban J connectivity index is 1.34. The zero-order valence-corrected chi connectivity index (χ0v) is 16.9. The summed E-state index contributed by atoms with van der Waals surface area (Å²) in [6.45, 7) is 5.73. The molecule has 0 radical (unpaired) electrons. The van der Waals surface area contributed by atoms with Crippen LogP contribution in [0.25, 0.3) is 0 Å². The van der Waals surface area contributed by atoms with Crippen molar-refractivity contribution in [2.24, 2.45) is 23.7 Å². The van der Waals surface area contributed by atoms with Crippen molar-refractivity contribution in [2.45, 2.75) is 26.3 Å². The number of pyridine rings is 1. The minimum absolute atomic E-state index is 0.0913. The molecular weight excluding hydrogens is 364 g/mol. The van der Waals surface area contributed by atoms with Crippen LogP contribution in [-0.2, 0) is 17.7 Å². The van der Waals surface area contributed by atoms with Crippen LogP contribution < -0.4 is 5.56 Å². The normalized spacial score (nSPS) is 27.8. The summed E-state index contributed by atoms with van der Waals surface area (Å²) in [5.41, 5.74) is 2.15. The van der Waals surface area contributed by atoms with Crippen molar-refractivity contribution >= 4 is 5.91 Å². The lowest BCUT2D eigenvalue weighted by Gasteiger charge is -2.21. The van der Waals surface area contributed by atoms with Gasteiger partial charge in [-0.3, -0.25) is 9.59 Å². The maximum absolute atomic E-state index is 13.3. The first-order chi connectivity index (χ1) is 14.1. The molecule has 0 spiro atoms. The van der Waals surface area contributed by atoms with Crippen molar-refractivity contribution in [1.82, 2.24) is 9.47 Å². The number of fused-ring (bicyclic) bond motifs is 3. The van der Waals surface area contributed by atoms with Crippen LogP contribution in [0.4, 0.5) is 0 Å². The molecular formula is C24H28N2O3. The van der Waals surface area contributed by atoms with E-state index in [4.69, 9.17) is 4.74 Å². The van der Waals surface area contributed by atoms with Crippen LogP contribution in [0.3, 0.4) is 0 Å². The molecule has 29 heavy (non-hydrogen) atoms. The van der Waals surface area contributed by atoms with Crippen molar-refractivity contribution in [3.8, 4) is 0 Å². The number of rotatable bonds is 4. The maximum atomic E-state index is 13.3. The lowest BCUT2D eigenvalue weighted by molar-refractivity contribution is 0.0770. The molecule has 4 atom stereocenters. The first-order valence-electron chi connectivity index (χ1n) is 10.7. The molecule has 1 aromatic carbocycles. The van der Waals surface area contributed by atoms with Crippen LogP contribution in [0.15, 0.2) is 47.4 Å². The van der Waals surface area contributed by atoms with Gasteiger partial charge in [-0.2, -0.15) is 0 Å². The molecule has 3 aliphatic rings. The van der Waals surface area contributed by atoms with E-state index in [1.807, 2.05) is 42.3 Å². The second-order valence-electron chi connectivity index (χ2n) is 8.94. The fourth-order valence-electron chi connectivity index (χ4n) is 5.67. The molecule has 5 nitrogen and oxygen atoms in total. The van der Waals surface area contributed by atoms with E-state index >= 15 is 0 Å². The number of hydrogen-bond donors (Lipinski definition) is 0. The Hall–Kier alpha value is -2.40. The molecule has 1 saturated carbocycles. The SMILES string of the molecule is Cc1ccn(CCc2ccccc2)c(=O)c1C(=O)N1C[C@@H]2C[C@@H]3COC[C@@H]3[C@@H]2C1. The summed E-state index contributed by atoms with van der Waals surface area (Å²) in [7, 11) is 0. The zero-order valence-electron chi connectivity index (χ0n) is 16.9. The molecule has 3 fully saturated rings. The minimum atomic E-state index is -0.162. The van der Waals surface area contributed by atoms with Crippen LogP contribution in [-0.4, -0.2) is 41.7 Å². The van der Waals surface area contributed by atoms with Gasteiger partial charge in [0.05, 0.1) is 6.61 Å². The van der Waals surface area contributed by atoms with Crippen LogP contribution in [0.1, 0.15) is 27.9 Å².